The molecule has 0 aromatic heterocycles. The van der Waals surface area contributed by atoms with Gasteiger partial charge in [0.15, 0.2) is 17.5 Å². The molecule has 5 nitrogen and oxygen atoms in total. The van der Waals surface area contributed by atoms with Crippen LogP contribution in [0.15, 0.2) is 45.9 Å². The summed E-state index contributed by atoms with van der Waals surface area (Å²) < 4.78 is 25.1. The highest BCUT2D eigenvalue weighted by atomic mass is 127. The Bertz CT molecular complexity index is 759. The average Bonchev–Trinajstić information content (AvgIpc) is 2.64. The Hall–Kier alpha value is -1.55. The van der Waals surface area contributed by atoms with Crippen molar-refractivity contribution in [2.24, 2.45) is 4.99 Å². The van der Waals surface area contributed by atoms with Crippen molar-refractivity contribution in [2.45, 2.75) is 13.1 Å². The standard InChI is InChI=1S/C18H21BrFN3O2.HI/c1-21-18(23-11-13-9-14(19)5-6-15(13)20)22-10-12-4-7-16(24-2)17(8-12)25-3;/h4-9H,10-11H2,1-3H3,(H2,21,22,23);1H. The van der Waals surface area contributed by atoms with Gasteiger partial charge in [-0.25, -0.2) is 4.39 Å². The van der Waals surface area contributed by atoms with Gasteiger partial charge in [-0.2, -0.15) is 0 Å². The minimum atomic E-state index is -0.258. The lowest BCUT2D eigenvalue weighted by molar-refractivity contribution is 0.354. The molecule has 0 saturated carbocycles. The van der Waals surface area contributed by atoms with E-state index in [1.165, 1.54) is 6.07 Å². The summed E-state index contributed by atoms with van der Waals surface area (Å²) in [5.41, 5.74) is 1.57. The Morgan fingerprint density at radius 3 is 2.38 bits per heavy atom. The lowest BCUT2D eigenvalue weighted by Crippen LogP contribution is -2.36. The summed E-state index contributed by atoms with van der Waals surface area (Å²) in [6, 6.07) is 10.5. The zero-order chi connectivity index (χ0) is 18.2. The summed E-state index contributed by atoms with van der Waals surface area (Å²) in [6.45, 7) is 0.873. The zero-order valence-corrected chi connectivity index (χ0v) is 18.7. The number of benzene rings is 2. The minimum Gasteiger partial charge on any atom is -0.493 e. The number of nitrogens with zero attached hydrogens (tertiary/aromatic N) is 1. The zero-order valence-electron chi connectivity index (χ0n) is 14.8. The van der Waals surface area contributed by atoms with Crippen LogP contribution in [0.25, 0.3) is 0 Å². The second-order valence-corrected chi connectivity index (χ2v) is 6.12. The smallest absolute Gasteiger partial charge is 0.191 e. The number of guanidine groups is 1. The van der Waals surface area contributed by atoms with E-state index in [2.05, 4.69) is 31.6 Å². The Kier molecular flexibility index (Phi) is 9.71. The van der Waals surface area contributed by atoms with Crippen LogP contribution in [0.1, 0.15) is 11.1 Å². The number of hydrogen-bond acceptors (Lipinski definition) is 3. The van der Waals surface area contributed by atoms with Crippen molar-refractivity contribution in [3.63, 3.8) is 0 Å². The molecule has 2 aromatic carbocycles. The maximum absolute atomic E-state index is 13.8. The van der Waals surface area contributed by atoms with E-state index in [0.717, 1.165) is 10.0 Å². The van der Waals surface area contributed by atoms with E-state index in [1.807, 2.05) is 18.2 Å². The summed E-state index contributed by atoms with van der Waals surface area (Å²) in [7, 11) is 4.87. The molecular formula is C18H22BrFIN3O2. The van der Waals surface area contributed by atoms with Crippen LogP contribution in [0.3, 0.4) is 0 Å². The van der Waals surface area contributed by atoms with E-state index in [-0.39, 0.29) is 29.8 Å². The van der Waals surface area contributed by atoms with Gasteiger partial charge in [0.1, 0.15) is 5.82 Å². The van der Waals surface area contributed by atoms with Crippen molar-refractivity contribution in [1.82, 2.24) is 10.6 Å². The molecule has 0 fully saturated rings. The summed E-state index contributed by atoms with van der Waals surface area (Å²) in [5, 5.41) is 6.28. The van der Waals surface area contributed by atoms with Crippen LogP contribution >= 0.6 is 39.9 Å². The summed E-state index contributed by atoms with van der Waals surface area (Å²) in [5.74, 6) is 1.67. The first-order valence-electron chi connectivity index (χ1n) is 7.66. The topological polar surface area (TPSA) is 54.9 Å². The molecule has 0 atom stereocenters. The van der Waals surface area contributed by atoms with Crippen molar-refractivity contribution < 1.29 is 13.9 Å². The first-order chi connectivity index (χ1) is 12.1. The minimum absolute atomic E-state index is 0. The Morgan fingerprint density at radius 2 is 1.73 bits per heavy atom. The van der Waals surface area contributed by atoms with Crippen LogP contribution in [0.4, 0.5) is 4.39 Å². The SMILES string of the molecule is CN=C(NCc1ccc(OC)c(OC)c1)NCc1cc(Br)ccc1F.I. The second kappa shape index (κ2) is 11.2. The fraction of sp³-hybridized carbons (Fsp3) is 0.278. The first kappa shape index (κ1) is 22.5. The van der Waals surface area contributed by atoms with Crippen LogP contribution in [-0.2, 0) is 13.1 Å². The molecule has 0 aliphatic rings. The third-order valence-electron chi connectivity index (χ3n) is 3.59. The number of aliphatic imine (C=N–C) groups is 1. The van der Waals surface area contributed by atoms with Gasteiger partial charge in [0.2, 0.25) is 0 Å². The molecule has 2 N–H and O–H groups in total. The van der Waals surface area contributed by atoms with Crippen molar-refractivity contribution in [1.29, 1.82) is 0 Å². The van der Waals surface area contributed by atoms with E-state index >= 15 is 0 Å². The molecule has 0 unspecified atom stereocenters. The van der Waals surface area contributed by atoms with Crippen LogP contribution in [0, 0.1) is 5.82 Å². The lowest BCUT2D eigenvalue weighted by Gasteiger charge is -2.14. The van der Waals surface area contributed by atoms with Gasteiger partial charge >= 0.3 is 0 Å². The highest BCUT2D eigenvalue weighted by Crippen LogP contribution is 2.27. The summed E-state index contributed by atoms with van der Waals surface area (Å²) in [4.78, 5) is 4.15. The Balaban J connectivity index is 0.00000338. The van der Waals surface area contributed by atoms with Crippen LogP contribution in [-0.4, -0.2) is 27.2 Å². The Labute approximate surface area is 178 Å². The lowest BCUT2D eigenvalue weighted by atomic mass is 10.2. The normalized spacial score (nSPS) is 10.7. The van der Waals surface area contributed by atoms with E-state index < -0.39 is 0 Å². The molecule has 0 heterocycles. The molecule has 0 spiro atoms. The molecule has 2 rings (SSSR count). The molecule has 0 bridgehead atoms. The summed E-state index contributed by atoms with van der Waals surface area (Å²) >= 11 is 3.34. The highest BCUT2D eigenvalue weighted by Gasteiger charge is 2.07. The Morgan fingerprint density at radius 1 is 1.04 bits per heavy atom. The van der Waals surface area contributed by atoms with Gasteiger partial charge in [-0.05, 0) is 35.9 Å². The number of ether oxygens (including phenoxy) is 2. The van der Waals surface area contributed by atoms with Gasteiger partial charge in [0, 0.05) is 30.2 Å². The molecule has 0 saturated heterocycles. The predicted molar refractivity (Wildman–Crippen MR) is 116 cm³/mol. The van der Waals surface area contributed by atoms with Gasteiger partial charge in [-0.1, -0.05) is 22.0 Å². The number of methoxy groups -OCH3 is 2. The molecule has 0 radical (unpaired) electrons. The van der Waals surface area contributed by atoms with Crippen LogP contribution in [0.5, 0.6) is 11.5 Å². The summed E-state index contributed by atoms with van der Waals surface area (Å²) in [6.07, 6.45) is 0. The molecule has 0 aliphatic carbocycles. The third-order valence-corrected chi connectivity index (χ3v) is 4.08. The fourth-order valence-electron chi connectivity index (χ4n) is 2.25. The first-order valence-corrected chi connectivity index (χ1v) is 8.46. The fourth-order valence-corrected chi connectivity index (χ4v) is 2.66. The van der Waals surface area contributed by atoms with Gasteiger partial charge < -0.3 is 20.1 Å². The van der Waals surface area contributed by atoms with Gasteiger partial charge in [-0.15, -0.1) is 24.0 Å². The molecule has 8 heteroatoms. The van der Waals surface area contributed by atoms with E-state index in [9.17, 15) is 4.39 Å². The maximum atomic E-state index is 13.8. The maximum Gasteiger partial charge on any atom is 0.191 e. The monoisotopic (exact) mass is 537 g/mol. The van der Waals surface area contributed by atoms with Gasteiger partial charge in [-0.3, -0.25) is 4.99 Å². The highest BCUT2D eigenvalue weighted by molar-refractivity contribution is 14.0. The number of halogens is 3. The van der Waals surface area contributed by atoms with Crippen LogP contribution in [0.2, 0.25) is 0 Å². The van der Waals surface area contributed by atoms with Crippen molar-refractivity contribution in [3.05, 3.63) is 57.8 Å². The van der Waals surface area contributed by atoms with E-state index in [1.54, 1.807) is 33.4 Å². The molecule has 2 aromatic rings. The van der Waals surface area contributed by atoms with Crippen molar-refractivity contribution in [3.8, 4) is 11.5 Å². The van der Waals surface area contributed by atoms with Crippen molar-refractivity contribution >= 4 is 45.9 Å². The van der Waals surface area contributed by atoms with Crippen LogP contribution < -0.4 is 20.1 Å². The van der Waals surface area contributed by atoms with E-state index in [0.29, 0.717) is 36.1 Å². The second-order valence-electron chi connectivity index (χ2n) is 5.20. The molecule has 0 aliphatic heterocycles. The molecule has 142 valence electrons. The van der Waals surface area contributed by atoms with E-state index in [4.69, 9.17) is 9.47 Å². The number of rotatable bonds is 6. The quantitative estimate of drug-likeness (QED) is 0.331. The van der Waals surface area contributed by atoms with Crippen molar-refractivity contribution in [2.75, 3.05) is 21.3 Å². The number of nitrogens with one attached hydrogen (secondary N) is 2. The van der Waals surface area contributed by atoms with Gasteiger partial charge in [0.05, 0.1) is 14.2 Å². The number of hydrogen-bond donors (Lipinski definition) is 2. The largest absolute Gasteiger partial charge is 0.493 e. The molecule has 26 heavy (non-hydrogen) atoms. The average molecular weight is 538 g/mol. The molecule has 0 amide bonds. The predicted octanol–water partition coefficient (Wildman–Crippen LogP) is 4.09. The van der Waals surface area contributed by atoms with Gasteiger partial charge in [0.25, 0.3) is 0 Å². The third kappa shape index (κ3) is 6.31. The molecular weight excluding hydrogens is 516 g/mol.